The number of nitrogens with one attached hydrogen (secondary N) is 1. The SMILES string of the molecule is COc1ccc(NC(=O)CN2CCC(C(=O)N3CCN(c4ccccc4OC)CC3)CC2)cc1OC. The first-order chi connectivity index (χ1) is 17.5. The van der Waals surface area contributed by atoms with E-state index >= 15 is 0 Å². The second kappa shape index (κ2) is 12.0. The molecule has 0 atom stereocenters. The number of anilines is 2. The number of piperazine rings is 1. The fraction of sp³-hybridized carbons (Fsp3) is 0.481. The molecule has 2 amide bonds. The Balaban J connectivity index is 1.22. The zero-order valence-electron chi connectivity index (χ0n) is 21.4. The largest absolute Gasteiger partial charge is 0.495 e. The molecule has 0 aromatic heterocycles. The predicted molar refractivity (Wildman–Crippen MR) is 139 cm³/mol. The molecule has 0 bridgehead atoms. The van der Waals surface area contributed by atoms with E-state index < -0.39 is 0 Å². The van der Waals surface area contributed by atoms with Gasteiger partial charge >= 0.3 is 0 Å². The standard InChI is InChI=1S/C27H36N4O5/c1-34-23-7-5-4-6-22(23)30-14-16-31(17-15-30)27(33)20-10-12-29(13-11-20)19-26(32)28-21-8-9-24(35-2)25(18-21)36-3/h4-9,18,20H,10-17,19H2,1-3H3,(H,28,32). The van der Waals surface area contributed by atoms with E-state index in [1.54, 1.807) is 39.5 Å². The maximum absolute atomic E-state index is 13.2. The van der Waals surface area contributed by atoms with E-state index in [0.717, 1.165) is 50.5 Å². The molecule has 9 nitrogen and oxygen atoms in total. The summed E-state index contributed by atoms with van der Waals surface area (Å²) >= 11 is 0. The van der Waals surface area contributed by atoms with Gasteiger partial charge in [-0.3, -0.25) is 14.5 Å². The molecule has 2 aliphatic heterocycles. The fourth-order valence-corrected chi connectivity index (χ4v) is 4.97. The Morgan fingerprint density at radius 3 is 2.17 bits per heavy atom. The van der Waals surface area contributed by atoms with Crippen molar-refractivity contribution in [2.75, 3.05) is 77.4 Å². The molecule has 0 unspecified atom stereocenters. The van der Waals surface area contributed by atoms with Crippen LogP contribution in [0.2, 0.25) is 0 Å². The summed E-state index contributed by atoms with van der Waals surface area (Å²) < 4.78 is 16.0. The summed E-state index contributed by atoms with van der Waals surface area (Å²) in [5.74, 6) is 2.22. The molecule has 0 saturated carbocycles. The predicted octanol–water partition coefficient (Wildman–Crippen LogP) is 2.71. The van der Waals surface area contributed by atoms with Gasteiger partial charge in [0.25, 0.3) is 0 Å². The molecule has 2 aromatic carbocycles. The number of benzene rings is 2. The summed E-state index contributed by atoms with van der Waals surface area (Å²) in [5, 5.41) is 2.92. The molecule has 0 spiro atoms. The molecule has 4 rings (SSSR count). The summed E-state index contributed by atoms with van der Waals surface area (Å²) in [4.78, 5) is 32.1. The Kier molecular flexibility index (Phi) is 8.53. The summed E-state index contributed by atoms with van der Waals surface area (Å²) in [6.07, 6.45) is 1.55. The molecule has 2 fully saturated rings. The second-order valence-corrected chi connectivity index (χ2v) is 9.15. The van der Waals surface area contributed by atoms with E-state index in [1.165, 1.54) is 0 Å². The highest BCUT2D eigenvalue weighted by molar-refractivity contribution is 5.92. The number of para-hydroxylation sites is 2. The lowest BCUT2D eigenvalue weighted by Crippen LogP contribution is -2.52. The second-order valence-electron chi connectivity index (χ2n) is 9.15. The van der Waals surface area contributed by atoms with Gasteiger partial charge in [0.1, 0.15) is 5.75 Å². The van der Waals surface area contributed by atoms with E-state index in [2.05, 4.69) is 21.2 Å². The highest BCUT2D eigenvalue weighted by Gasteiger charge is 2.31. The minimum Gasteiger partial charge on any atom is -0.495 e. The average molecular weight is 497 g/mol. The number of carbonyl (C=O) groups excluding carboxylic acids is 2. The van der Waals surface area contributed by atoms with Gasteiger partial charge < -0.3 is 29.3 Å². The van der Waals surface area contributed by atoms with Crippen molar-refractivity contribution in [3.63, 3.8) is 0 Å². The molecule has 2 aliphatic rings. The van der Waals surface area contributed by atoms with Gasteiger partial charge in [0, 0.05) is 43.9 Å². The third-order valence-electron chi connectivity index (χ3n) is 6.99. The Morgan fingerprint density at radius 2 is 1.50 bits per heavy atom. The monoisotopic (exact) mass is 496 g/mol. The fourth-order valence-electron chi connectivity index (χ4n) is 4.97. The zero-order valence-corrected chi connectivity index (χ0v) is 21.4. The van der Waals surface area contributed by atoms with Crippen LogP contribution < -0.4 is 24.4 Å². The molecule has 2 heterocycles. The van der Waals surface area contributed by atoms with Crippen molar-refractivity contribution < 1.29 is 23.8 Å². The quantitative estimate of drug-likeness (QED) is 0.602. The highest BCUT2D eigenvalue weighted by atomic mass is 16.5. The number of hydrogen-bond acceptors (Lipinski definition) is 7. The number of ether oxygens (including phenoxy) is 3. The molecule has 194 valence electrons. The van der Waals surface area contributed by atoms with Crippen LogP contribution in [0, 0.1) is 5.92 Å². The molecule has 2 aromatic rings. The number of hydrogen-bond donors (Lipinski definition) is 1. The first-order valence-electron chi connectivity index (χ1n) is 12.4. The summed E-state index contributed by atoms with van der Waals surface area (Å²) in [6, 6.07) is 13.3. The van der Waals surface area contributed by atoms with Crippen LogP contribution in [-0.2, 0) is 9.59 Å². The number of amides is 2. The normalized spacial score (nSPS) is 17.0. The first kappa shape index (κ1) is 25.6. The van der Waals surface area contributed by atoms with Gasteiger partial charge in [0.2, 0.25) is 11.8 Å². The summed E-state index contributed by atoms with van der Waals surface area (Å²) in [7, 11) is 4.83. The lowest BCUT2D eigenvalue weighted by molar-refractivity contribution is -0.137. The Bertz CT molecular complexity index is 1050. The lowest BCUT2D eigenvalue weighted by Gasteiger charge is -2.39. The van der Waals surface area contributed by atoms with Gasteiger partial charge in [-0.2, -0.15) is 0 Å². The van der Waals surface area contributed by atoms with Crippen LogP contribution in [0.15, 0.2) is 42.5 Å². The third kappa shape index (κ3) is 6.02. The topological polar surface area (TPSA) is 83.6 Å². The van der Waals surface area contributed by atoms with Gasteiger partial charge in [-0.1, -0.05) is 12.1 Å². The highest BCUT2D eigenvalue weighted by Crippen LogP contribution is 2.30. The molecule has 9 heteroatoms. The van der Waals surface area contributed by atoms with Gasteiger partial charge in [-0.15, -0.1) is 0 Å². The summed E-state index contributed by atoms with van der Waals surface area (Å²) in [5.41, 5.74) is 1.74. The van der Waals surface area contributed by atoms with Crippen LogP contribution >= 0.6 is 0 Å². The lowest BCUT2D eigenvalue weighted by atomic mass is 9.95. The van der Waals surface area contributed by atoms with Crippen molar-refractivity contribution in [3.8, 4) is 17.2 Å². The van der Waals surface area contributed by atoms with Crippen LogP contribution in [0.5, 0.6) is 17.2 Å². The van der Waals surface area contributed by atoms with Crippen molar-refractivity contribution in [2.45, 2.75) is 12.8 Å². The molecule has 0 aliphatic carbocycles. The average Bonchev–Trinajstić information content (AvgIpc) is 2.93. The van der Waals surface area contributed by atoms with Crippen molar-refractivity contribution in [2.24, 2.45) is 5.92 Å². The Labute approximate surface area is 212 Å². The van der Waals surface area contributed by atoms with Gasteiger partial charge in [0.05, 0.1) is 33.6 Å². The van der Waals surface area contributed by atoms with Crippen LogP contribution in [0.3, 0.4) is 0 Å². The zero-order chi connectivity index (χ0) is 25.5. The smallest absolute Gasteiger partial charge is 0.238 e. The van der Waals surface area contributed by atoms with Gasteiger partial charge in [-0.05, 0) is 50.2 Å². The first-order valence-corrected chi connectivity index (χ1v) is 12.4. The Morgan fingerprint density at radius 1 is 0.833 bits per heavy atom. The number of carbonyl (C=O) groups is 2. The third-order valence-corrected chi connectivity index (χ3v) is 6.99. The molecule has 0 radical (unpaired) electrons. The number of methoxy groups -OCH3 is 3. The van der Waals surface area contributed by atoms with Gasteiger partial charge in [-0.25, -0.2) is 0 Å². The van der Waals surface area contributed by atoms with Crippen molar-refractivity contribution in [3.05, 3.63) is 42.5 Å². The maximum atomic E-state index is 13.2. The number of nitrogens with zero attached hydrogens (tertiary/aromatic N) is 3. The Hall–Kier alpha value is -3.46. The maximum Gasteiger partial charge on any atom is 0.238 e. The minimum atomic E-state index is -0.0838. The molecular weight excluding hydrogens is 460 g/mol. The van der Waals surface area contributed by atoms with Gasteiger partial charge in [0.15, 0.2) is 11.5 Å². The minimum absolute atomic E-state index is 0.0213. The van der Waals surface area contributed by atoms with Crippen molar-refractivity contribution in [1.82, 2.24) is 9.80 Å². The molecule has 1 N–H and O–H groups in total. The molecule has 2 saturated heterocycles. The van der Waals surface area contributed by atoms with E-state index in [9.17, 15) is 9.59 Å². The van der Waals surface area contributed by atoms with Crippen LogP contribution in [0.25, 0.3) is 0 Å². The van der Waals surface area contributed by atoms with Crippen molar-refractivity contribution in [1.29, 1.82) is 0 Å². The number of likely N-dealkylation sites (tertiary alicyclic amines) is 1. The van der Waals surface area contributed by atoms with Crippen LogP contribution in [0.1, 0.15) is 12.8 Å². The number of piperidine rings is 1. The van der Waals surface area contributed by atoms with Crippen LogP contribution in [0.4, 0.5) is 11.4 Å². The van der Waals surface area contributed by atoms with E-state index in [4.69, 9.17) is 14.2 Å². The molecular formula is C27H36N4O5. The summed E-state index contributed by atoms with van der Waals surface area (Å²) in [6.45, 7) is 4.78. The van der Waals surface area contributed by atoms with E-state index in [-0.39, 0.29) is 17.7 Å². The van der Waals surface area contributed by atoms with Crippen LogP contribution in [-0.4, -0.2) is 88.8 Å². The van der Waals surface area contributed by atoms with E-state index in [1.807, 2.05) is 23.1 Å². The molecule has 36 heavy (non-hydrogen) atoms. The van der Waals surface area contributed by atoms with Crippen molar-refractivity contribution >= 4 is 23.2 Å². The number of rotatable bonds is 8. The van der Waals surface area contributed by atoms with E-state index in [0.29, 0.717) is 36.8 Å².